The van der Waals surface area contributed by atoms with Crippen LogP contribution in [0.5, 0.6) is 0 Å². The summed E-state index contributed by atoms with van der Waals surface area (Å²) in [5.74, 6) is 0.622. The summed E-state index contributed by atoms with van der Waals surface area (Å²) in [6.07, 6.45) is 3.42. The van der Waals surface area contributed by atoms with Crippen molar-refractivity contribution in [1.29, 1.82) is 0 Å². The topological polar surface area (TPSA) is 38.9 Å². The summed E-state index contributed by atoms with van der Waals surface area (Å²) in [4.78, 5) is 8.58. The summed E-state index contributed by atoms with van der Waals surface area (Å²) in [6.45, 7) is 0. The van der Waals surface area contributed by atoms with E-state index in [4.69, 9.17) is 4.42 Å². The van der Waals surface area contributed by atoms with Gasteiger partial charge in [0.05, 0.1) is 6.20 Å². The molecule has 0 aliphatic carbocycles. The summed E-state index contributed by atoms with van der Waals surface area (Å²) in [5.41, 5.74) is 2.51. The van der Waals surface area contributed by atoms with E-state index in [0.29, 0.717) is 5.89 Å². The van der Waals surface area contributed by atoms with Crippen LogP contribution in [0, 0.1) is 0 Å². The third kappa shape index (κ3) is 1.72. The SMILES string of the molecule is Brc1cccc2c(-c3nc4cnccc4o3)cccc12. The summed E-state index contributed by atoms with van der Waals surface area (Å²) in [5, 5.41) is 2.26. The van der Waals surface area contributed by atoms with E-state index < -0.39 is 0 Å². The highest BCUT2D eigenvalue weighted by atomic mass is 79.9. The van der Waals surface area contributed by atoms with Crippen LogP contribution in [0.3, 0.4) is 0 Å². The molecule has 2 aromatic heterocycles. The number of hydrogen-bond acceptors (Lipinski definition) is 3. The number of oxazole rings is 1. The molecule has 0 aliphatic rings. The second-order valence-electron chi connectivity index (χ2n) is 4.50. The van der Waals surface area contributed by atoms with Crippen LogP contribution in [0.1, 0.15) is 0 Å². The molecule has 96 valence electrons. The van der Waals surface area contributed by atoms with Crippen molar-refractivity contribution in [3.05, 3.63) is 59.3 Å². The van der Waals surface area contributed by atoms with Gasteiger partial charge in [0.1, 0.15) is 5.52 Å². The average molecular weight is 325 g/mol. The van der Waals surface area contributed by atoms with Gasteiger partial charge in [-0.15, -0.1) is 0 Å². The fraction of sp³-hybridized carbons (Fsp3) is 0. The van der Waals surface area contributed by atoms with E-state index in [0.717, 1.165) is 31.9 Å². The van der Waals surface area contributed by atoms with Crippen LogP contribution < -0.4 is 0 Å². The first-order valence-electron chi connectivity index (χ1n) is 6.21. The molecule has 3 nitrogen and oxygen atoms in total. The Morgan fingerprint density at radius 2 is 1.80 bits per heavy atom. The molecule has 2 aromatic carbocycles. The Hall–Kier alpha value is -2.20. The number of benzene rings is 2. The van der Waals surface area contributed by atoms with Crippen molar-refractivity contribution in [2.75, 3.05) is 0 Å². The summed E-state index contributed by atoms with van der Waals surface area (Å²) in [7, 11) is 0. The maximum absolute atomic E-state index is 5.84. The maximum atomic E-state index is 5.84. The van der Waals surface area contributed by atoms with Crippen molar-refractivity contribution < 1.29 is 4.42 Å². The smallest absolute Gasteiger partial charge is 0.227 e. The third-order valence-electron chi connectivity index (χ3n) is 3.29. The number of nitrogens with zero attached hydrogens (tertiary/aromatic N) is 2. The lowest BCUT2D eigenvalue weighted by atomic mass is 10.0. The first kappa shape index (κ1) is 11.6. The largest absolute Gasteiger partial charge is 0.436 e. The first-order valence-corrected chi connectivity index (χ1v) is 7.00. The van der Waals surface area contributed by atoms with Crippen LogP contribution >= 0.6 is 15.9 Å². The highest BCUT2D eigenvalue weighted by Crippen LogP contribution is 2.33. The van der Waals surface area contributed by atoms with Crippen molar-refractivity contribution >= 4 is 37.8 Å². The lowest BCUT2D eigenvalue weighted by Crippen LogP contribution is -1.82. The second-order valence-corrected chi connectivity index (χ2v) is 5.36. The molecule has 4 aromatic rings. The Labute approximate surface area is 123 Å². The highest BCUT2D eigenvalue weighted by molar-refractivity contribution is 9.10. The van der Waals surface area contributed by atoms with E-state index in [9.17, 15) is 0 Å². The summed E-state index contributed by atoms with van der Waals surface area (Å²) in [6, 6.07) is 14.0. The van der Waals surface area contributed by atoms with Crippen molar-refractivity contribution in [1.82, 2.24) is 9.97 Å². The van der Waals surface area contributed by atoms with E-state index in [-0.39, 0.29) is 0 Å². The second kappa shape index (κ2) is 4.42. The van der Waals surface area contributed by atoms with Crippen molar-refractivity contribution in [3.8, 4) is 11.5 Å². The molecule has 0 saturated heterocycles. The van der Waals surface area contributed by atoms with Gasteiger partial charge in [-0.1, -0.05) is 40.2 Å². The van der Waals surface area contributed by atoms with Gasteiger partial charge in [0.25, 0.3) is 0 Å². The molecule has 0 bridgehead atoms. The Kier molecular flexibility index (Phi) is 2.57. The molecule has 0 atom stereocenters. The zero-order valence-corrected chi connectivity index (χ0v) is 12.0. The third-order valence-corrected chi connectivity index (χ3v) is 3.98. The number of aromatic nitrogens is 2. The van der Waals surface area contributed by atoms with Gasteiger partial charge in [-0.2, -0.15) is 0 Å². The molecule has 2 heterocycles. The number of pyridine rings is 1. The quantitative estimate of drug-likeness (QED) is 0.504. The van der Waals surface area contributed by atoms with E-state index in [2.05, 4.69) is 38.0 Å². The van der Waals surface area contributed by atoms with Crippen molar-refractivity contribution in [2.45, 2.75) is 0 Å². The predicted octanol–water partition coefficient (Wildman–Crippen LogP) is 4.81. The molecule has 0 radical (unpaired) electrons. The molecule has 0 aliphatic heterocycles. The monoisotopic (exact) mass is 324 g/mol. The van der Waals surface area contributed by atoms with Crippen LogP contribution in [0.4, 0.5) is 0 Å². The van der Waals surface area contributed by atoms with Crippen LogP contribution in [0.25, 0.3) is 33.3 Å². The molecule has 20 heavy (non-hydrogen) atoms. The Bertz CT molecular complexity index is 897. The fourth-order valence-corrected chi connectivity index (χ4v) is 2.85. The van der Waals surface area contributed by atoms with Gasteiger partial charge in [0, 0.05) is 22.3 Å². The lowest BCUT2D eigenvalue weighted by molar-refractivity contribution is 0.620. The van der Waals surface area contributed by atoms with Gasteiger partial charge in [-0.3, -0.25) is 4.98 Å². The van der Waals surface area contributed by atoms with Crippen molar-refractivity contribution in [3.63, 3.8) is 0 Å². The highest BCUT2D eigenvalue weighted by Gasteiger charge is 2.11. The Morgan fingerprint density at radius 3 is 2.70 bits per heavy atom. The molecule has 0 fully saturated rings. The van der Waals surface area contributed by atoms with E-state index in [1.54, 1.807) is 12.4 Å². The molecule has 0 N–H and O–H groups in total. The predicted molar refractivity (Wildman–Crippen MR) is 82.4 cm³/mol. The van der Waals surface area contributed by atoms with Gasteiger partial charge in [-0.25, -0.2) is 4.98 Å². The molecule has 4 rings (SSSR count). The minimum Gasteiger partial charge on any atom is -0.436 e. The summed E-state index contributed by atoms with van der Waals surface area (Å²) >= 11 is 3.58. The number of rotatable bonds is 1. The van der Waals surface area contributed by atoms with Gasteiger partial charge in [0.15, 0.2) is 5.58 Å². The van der Waals surface area contributed by atoms with Gasteiger partial charge < -0.3 is 4.42 Å². The molecule has 0 saturated carbocycles. The van der Waals surface area contributed by atoms with Gasteiger partial charge in [0.2, 0.25) is 5.89 Å². The zero-order chi connectivity index (χ0) is 13.5. The van der Waals surface area contributed by atoms with E-state index >= 15 is 0 Å². The number of hydrogen-bond donors (Lipinski definition) is 0. The van der Waals surface area contributed by atoms with Crippen LogP contribution in [-0.2, 0) is 0 Å². The van der Waals surface area contributed by atoms with Crippen LogP contribution in [0.15, 0.2) is 63.7 Å². The Morgan fingerprint density at radius 1 is 0.950 bits per heavy atom. The zero-order valence-electron chi connectivity index (χ0n) is 10.4. The van der Waals surface area contributed by atoms with Crippen molar-refractivity contribution in [2.24, 2.45) is 0 Å². The molecule has 0 amide bonds. The molecule has 4 heteroatoms. The first-order chi connectivity index (χ1) is 9.83. The normalized spacial score (nSPS) is 11.2. The summed E-state index contributed by atoms with van der Waals surface area (Å²) < 4.78 is 6.90. The molecular weight excluding hydrogens is 316 g/mol. The van der Waals surface area contributed by atoms with Gasteiger partial charge >= 0.3 is 0 Å². The maximum Gasteiger partial charge on any atom is 0.227 e. The lowest BCUT2D eigenvalue weighted by Gasteiger charge is -2.04. The number of fused-ring (bicyclic) bond motifs is 2. The van der Waals surface area contributed by atoms with E-state index in [1.165, 1.54) is 0 Å². The average Bonchev–Trinajstić information content (AvgIpc) is 2.91. The van der Waals surface area contributed by atoms with Crippen LogP contribution in [-0.4, -0.2) is 9.97 Å². The van der Waals surface area contributed by atoms with E-state index in [1.807, 2.05) is 30.3 Å². The Balaban J connectivity index is 2.04. The minimum atomic E-state index is 0.622. The molecular formula is C16H9BrN2O. The van der Waals surface area contributed by atoms with Crippen LogP contribution in [0.2, 0.25) is 0 Å². The fourth-order valence-electron chi connectivity index (χ4n) is 2.35. The molecule has 0 spiro atoms. The van der Waals surface area contributed by atoms with Gasteiger partial charge in [-0.05, 0) is 22.9 Å². The standard InChI is InChI=1S/C16H9BrN2O/c17-13-6-2-3-10-11(13)4-1-5-12(10)16-19-14-9-18-8-7-15(14)20-16/h1-9H. The molecule has 0 unspecified atom stereocenters. The minimum absolute atomic E-state index is 0.622. The number of halogens is 1.